The third kappa shape index (κ3) is 12.2. The van der Waals surface area contributed by atoms with Gasteiger partial charge in [-0.1, -0.05) is 40.9 Å². The number of nitrogens with zero attached hydrogens (tertiary/aromatic N) is 2. The van der Waals surface area contributed by atoms with Crippen molar-refractivity contribution in [3.8, 4) is 11.8 Å². The van der Waals surface area contributed by atoms with Crippen molar-refractivity contribution in [3.63, 3.8) is 0 Å². The number of rotatable bonds is 5. The van der Waals surface area contributed by atoms with Crippen molar-refractivity contribution in [2.45, 2.75) is 91.3 Å². The highest BCUT2D eigenvalue weighted by Crippen LogP contribution is 2.18. The summed E-state index contributed by atoms with van der Waals surface area (Å²) >= 11 is 1.57. The number of fused-ring (bicyclic) bond motifs is 2. The van der Waals surface area contributed by atoms with Gasteiger partial charge in [-0.2, -0.15) is 0 Å². The molecule has 1 fully saturated rings. The summed E-state index contributed by atoms with van der Waals surface area (Å²) in [5, 5.41) is 2.96. The zero-order valence-corrected chi connectivity index (χ0v) is 24.6. The molecule has 0 saturated carbocycles. The summed E-state index contributed by atoms with van der Waals surface area (Å²) < 4.78 is 11.3. The van der Waals surface area contributed by atoms with Gasteiger partial charge in [0.15, 0.2) is 0 Å². The molecule has 0 radical (unpaired) electrons. The molecule has 1 aromatic heterocycles. The first kappa shape index (κ1) is 30.6. The fourth-order valence-corrected chi connectivity index (χ4v) is 5.45. The minimum atomic E-state index is -0.576. The number of aryl methyl sites for hydroxylation is 1. The number of hydrogen-bond donors (Lipinski definition) is 0. The average Bonchev–Trinajstić information content (AvgIpc) is 3.55. The molecule has 0 aliphatic carbocycles. The first-order valence-corrected chi connectivity index (χ1v) is 14.9. The molecule has 3 rings (SSSR count). The molecule has 210 valence electrons. The van der Waals surface area contributed by atoms with Gasteiger partial charge in [0.2, 0.25) is 0 Å². The monoisotopic (exact) mass is 550 g/mol. The van der Waals surface area contributed by atoms with E-state index < -0.39 is 12.1 Å². The number of likely N-dealkylation sites (tertiary alicyclic amines) is 1. The van der Waals surface area contributed by atoms with Crippen LogP contribution in [-0.2, 0) is 31.9 Å². The first-order valence-electron chi connectivity index (χ1n) is 14.0. The topological polar surface area (TPSA) is 68.7 Å². The minimum Gasteiger partial charge on any atom is -0.462 e. The number of carbonyl (C=O) groups excluding carboxylic acids is 2. The molecule has 2 aliphatic rings. The summed E-state index contributed by atoms with van der Waals surface area (Å²) in [6, 6.07) is 0. The molecule has 39 heavy (non-hydrogen) atoms. The molecule has 0 N–H and O–H groups in total. The molecule has 7 heteroatoms. The maximum Gasteiger partial charge on any atom is 0.385 e. The average molecular weight is 551 g/mol. The van der Waals surface area contributed by atoms with E-state index in [0.717, 1.165) is 47.7 Å². The van der Waals surface area contributed by atoms with Gasteiger partial charge in [-0.3, -0.25) is 9.69 Å². The van der Waals surface area contributed by atoms with E-state index in [2.05, 4.69) is 41.9 Å². The van der Waals surface area contributed by atoms with Crippen LogP contribution in [0, 0.1) is 11.8 Å². The number of allylic oxidation sites excluding steroid dienone is 5. The molecular weight excluding hydrogens is 508 g/mol. The van der Waals surface area contributed by atoms with Crippen LogP contribution >= 0.6 is 11.3 Å². The Balaban J connectivity index is 1.73. The Labute approximate surface area is 237 Å². The highest BCUT2D eigenvalue weighted by molar-refractivity contribution is 7.09. The van der Waals surface area contributed by atoms with Crippen LogP contribution in [0.4, 0.5) is 0 Å². The van der Waals surface area contributed by atoms with E-state index in [1.54, 1.807) is 17.4 Å². The van der Waals surface area contributed by atoms with Crippen LogP contribution < -0.4 is 0 Å². The maximum atomic E-state index is 12.6. The largest absolute Gasteiger partial charge is 0.462 e. The van der Waals surface area contributed by atoms with Crippen LogP contribution in [0.25, 0.3) is 0 Å². The number of cyclic esters (lactones) is 2. The molecular formula is C32H42N2O4S. The lowest BCUT2D eigenvalue weighted by atomic mass is 10.1. The van der Waals surface area contributed by atoms with E-state index in [9.17, 15) is 9.59 Å². The Morgan fingerprint density at radius 3 is 2.62 bits per heavy atom. The third-order valence-corrected chi connectivity index (χ3v) is 7.58. The molecule has 2 aliphatic heterocycles. The highest BCUT2D eigenvalue weighted by atomic mass is 32.1. The molecule has 6 nitrogen and oxygen atoms in total. The summed E-state index contributed by atoms with van der Waals surface area (Å²) in [4.78, 5) is 32.0. The Bertz CT molecular complexity index is 1160. The van der Waals surface area contributed by atoms with Crippen LogP contribution in [0.5, 0.6) is 0 Å². The summed E-state index contributed by atoms with van der Waals surface area (Å²) in [6.45, 7) is 11.3. The zero-order chi connectivity index (χ0) is 28.0. The van der Waals surface area contributed by atoms with Crippen molar-refractivity contribution in [2.75, 3.05) is 19.6 Å². The number of hydrogen-bond acceptors (Lipinski definition) is 7. The third-order valence-electron chi connectivity index (χ3n) is 6.66. The zero-order valence-electron chi connectivity index (χ0n) is 23.8. The van der Waals surface area contributed by atoms with Crippen molar-refractivity contribution in [1.82, 2.24) is 9.88 Å². The van der Waals surface area contributed by atoms with Crippen LogP contribution in [0.2, 0.25) is 0 Å². The standard InChI is InChI=1S/C32H42N2O4S/c1-24(16-19-34-17-7-8-18-34)14-15-26(3)21-29-22-30-33-28(23-39-30)11-5-6-12-31(35)37-27(4)20-25(2)10-9-13-32(36)38-29/h10,14-16,21,23,27,29H,5-8,11-12,17-20,22H2,1-4H3/b15-14+,24-16+,25-10+,26-21+/t27-,29+/m0/s1. The highest BCUT2D eigenvalue weighted by Gasteiger charge is 2.16. The van der Waals surface area contributed by atoms with Gasteiger partial charge >= 0.3 is 11.9 Å². The molecule has 0 amide bonds. The molecule has 0 spiro atoms. The second kappa shape index (κ2) is 16.2. The van der Waals surface area contributed by atoms with Crippen molar-refractivity contribution < 1.29 is 19.1 Å². The lowest BCUT2D eigenvalue weighted by Gasteiger charge is -2.13. The number of ether oxygens (including phenoxy) is 2. The van der Waals surface area contributed by atoms with E-state index in [1.165, 1.54) is 31.5 Å². The Morgan fingerprint density at radius 2 is 1.82 bits per heavy atom. The smallest absolute Gasteiger partial charge is 0.385 e. The predicted molar refractivity (Wildman–Crippen MR) is 157 cm³/mol. The van der Waals surface area contributed by atoms with E-state index >= 15 is 0 Å². The van der Waals surface area contributed by atoms with Crippen molar-refractivity contribution in [2.24, 2.45) is 0 Å². The number of esters is 2. The van der Waals surface area contributed by atoms with E-state index in [4.69, 9.17) is 14.5 Å². The molecule has 2 atom stereocenters. The van der Waals surface area contributed by atoms with Gasteiger partial charge in [-0.25, -0.2) is 9.78 Å². The van der Waals surface area contributed by atoms with Crippen LogP contribution in [0.15, 0.2) is 52.5 Å². The predicted octanol–water partition coefficient (Wildman–Crippen LogP) is 6.14. The second-order valence-corrected chi connectivity index (χ2v) is 11.5. The molecule has 3 heterocycles. The van der Waals surface area contributed by atoms with Crippen molar-refractivity contribution >= 4 is 23.3 Å². The Hall–Kier alpha value is -2.95. The van der Waals surface area contributed by atoms with Gasteiger partial charge in [0.1, 0.15) is 12.2 Å². The summed E-state index contributed by atoms with van der Waals surface area (Å²) in [6.07, 6.45) is 15.9. The Kier molecular flexibility index (Phi) is 12.7. The van der Waals surface area contributed by atoms with Gasteiger partial charge in [0.25, 0.3) is 0 Å². The second-order valence-electron chi connectivity index (χ2n) is 10.6. The van der Waals surface area contributed by atoms with Crippen molar-refractivity contribution in [1.29, 1.82) is 0 Å². The van der Waals surface area contributed by atoms with Gasteiger partial charge < -0.3 is 9.47 Å². The Morgan fingerprint density at radius 1 is 1.08 bits per heavy atom. The fourth-order valence-electron chi connectivity index (χ4n) is 4.58. The molecule has 0 aromatic carbocycles. The fraction of sp³-hybridized carbons (Fsp3) is 0.531. The van der Waals surface area contributed by atoms with Crippen LogP contribution in [0.3, 0.4) is 0 Å². The molecule has 1 aromatic rings. The van der Waals surface area contributed by atoms with E-state index in [0.29, 0.717) is 19.3 Å². The van der Waals surface area contributed by atoms with Gasteiger partial charge in [0, 0.05) is 37.1 Å². The van der Waals surface area contributed by atoms with Crippen LogP contribution in [-0.4, -0.2) is 53.7 Å². The summed E-state index contributed by atoms with van der Waals surface area (Å²) in [5.74, 6) is 4.61. The number of aromatic nitrogens is 1. The summed E-state index contributed by atoms with van der Waals surface area (Å²) in [5.41, 5.74) is 4.17. The quantitative estimate of drug-likeness (QED) is 0.190. The van der Waals surface area contributed by atoms with E-state index in [1.807, 2.05) is 32.2 Å². The van der Waals surface area contributed by atoms with Crippen molar-refractivity contribution in [3.05, 3.63) is 63.2 Å². The van der Waals surface area contributed by atoms with Gasteiger partial charge in [0.05, 0.1) is 10.7 Å². The first-order chi connectivity index (χ1) is 18.8. The van der Waals surface area contributed by atoms with E-state index in [-0.39, 0.29) is 12.1 Å². The lowest BCUT2D eigenvalue weighted by molar-refractivity contribution is -0.148. The molecule has 1 saturated heterocycles. The number of thiazole rings is 1. The summed E-state index contributed by atoms with van der Waals surface area (Å²) in [7, 11) is 0. The van der Waals surface area contributed by atoms with Crippen LogP contribution in [0.1, 0.15) is 76.9 Å². The van der Waals surface area contributed by atoms with Gasteiger partial charge in [-0.05, 0) is 85.0 Å². The molecule has 2 bridgehead atoms. The molecule has 0 unspecified atom stereocenters. The lowest BCUT2D eigenvalue weighted by Crippen LogP contribution is -2.18. The normalized spacial score (nSPS) is 24.6. The SMILES string of the molecule is CC(/C=C/C(C)=C/[C@@H]1Cc2nc(cs2)CCCCC(=O)O[C@@H](C)C/C(C)=C/C#CC(=O)O1)=C\CN1CCCC1. The minimum absolute atomic E-state index is 0.182. The van der Waals surface area contributed by atoms with Gasteiger partial charge in [-0.15, -0.1) is 11.3 Å². The maximum absolute atomic E-state index is 12.6. The number of carbonyl (C=O) groups is 2.